The number of carbonyl (C=O) groups is 2. The molecule has 5 aromatic rings. The Balaban J connectivity index is 1.30. The molecular weight excluding hydrogens is 589 g/mol. The average Bonchev–Trinajstić information content (AvgIpc) is 3.38. The molecule has 0 saturated heterocycles. The molecule has 42 heavy (non-hydrogen) atoms. The van der Waals surface area contributed by atoms with E-state index >= 15 is 4.39 Å². The molecule has 2 atom stereocenters. The lowest BCUT2D eigenvalue weighted by molar-refractivity contribution is 0.0402. The number of hydrogen-bond acceptors (Lipinski definition) is 11. The number of benzene rings is 2. The molecule has 216 valence electrons. The highest BCUT2D eigenvalue weighted by molar-refractivity contribution is 7.21. The van der Waals surface area contributed by atoms with Crippen molar-refractivity contribution in [3.8, 4) is 22.2 Å². The SMILES string of the molecule is COC(=O)c1ccc(NC(=O)O[C@H](C)[C@H](C)Oc2cc3sc(-c4cc(Cl)cc5nc(OC)cnc45)nc3cc2F)cn1. The van der Waals surface area contributed by atoms with Gasteiger partial charge in [0.1, 0.15) is 22.9 Å². The van der Waals surface area contributed by atoms with Crippen LogP contribution in [0, 0.1) is 5.82 Å². The summed E-state index contributed by atoms with van der Waals surface area (Å²) in [7, 11) is 2.74. The highest BCUT2D eigenvalue weighted by atomic mass is 35.5. The fraction of sp³-hybridized carbons (Fsp3) is 0.214. The number of thiazole rings is 1. The zero-order chi connectivity index (χ0) is 30.0. The number of hydrogen-bond donors (Lipinski definition) is 1. The molecule has 0 radical (unpaired) electrons. The van der Waals surface area contributed by atoms with E-state index in [0.29, 0.717) is 48.4 Å². The third-order valence-electron chi connectivity index (χ3n) is 6.14. The lowest BCUT2D eigenvalue weighted by atomic mass is 10.2. The van der Waals surface area contributed by atoms with Gasteiger partial charge in [0.15, 0.2) is 11.6 Å². The number of methoxy groups -OCH3 is 2. The maximum atomic E-state index is 15.0. The second-order valence-electron chi connectivity index (χ2n) is 8.98. The smallest absolute Gasteiger partial charge is 0.412 e. The fourth-order valence-corrected chi connectivity index (χ4v) is 5.08. The Labute approximate surface area is 247 Å². The molecular formula is C28H23ClFN5O6S. The van der Waals surface area contributed by atoms with Crippen LogP contribution in [0.3, 0.4) is 0 Å². The molecule has 0 spiro atoms. The first-order valence-corrected chi connectivity index (χ1v) is 13.6. The topological polar surface area (TPSA) is 135 Å². The normalized spacial score (nSPS) is 12.5. The van der Waals surface area contributed by atoms with Gasteiger partial charge >= 0.3 is 12.1 Å². The van der Waals surface area contributed by atoms with Gasteiger partial charge in [-0.3, -0.25) is 5.32 Å². The van der Waals surface area contributed by atoms with Gasteiger partial charge in [0, 0.05) is 22.7 Å². The standard InChI is InChI=1S/C28H23ClFN5O6S/c1-13(14(2)41-28(37)33-16-5-6-19(31-11-16)27(36)39-4)40-22-10-23-20(9-18(22)30)35-26(42-23)17-7-15(29)8-21-25(17)32-12-24(34-21)38-3/h5-14H,1-4H3,(H,33,37)/t13-,14+/m0/s1. The van der Waals surface area contributed by atoms with E-state index in [0.717, 1.165) is 0 Å². The van der Waals surface area contributed by atoms with Crippen molar-refractivity contribution in [2.75, 3.05) is 19.5 Å². The molecule has 1 N–H and O–H groups in total. The monoisotopic (exact) mass is 611 g/mol. The summed E-state index contributed by atoms with van der Waals surface area (Å²) in [5.41, 5.74) is 2.58. The minimum atomic E-state index is -0.775. The molecule has 0 bridgehead atoms. The van der Waals surface area contributed by atoms with E-state index in [1.54, 1.807) is 32.0 Å². The van der Waals surface area contributed by atoms with E-state index in [1.807, 2.05) is 0 Å². The zero-order valence-electron chi connectivity index (χ0n) is 22.7. The van der Waals surface area contributed by atoms with Gasteiger partial charge in [0.05, 0.1) is 53.6 Å². The zero-order valence-corrected chi connectivity index (χ0v) is 24.2. The number of ether oxygens (including phenoxy) is 4. The third-order valence-corrected chi connectivity index (χ3v) is 7.41. The molecule has 0 aliphatic rings. The number of amides is 1. The van der Waals surface area contributed by atoms with E-state index in [4.69, 9.17) is 25.8 Å². The summed E-state index contributed by atoms with van der Waals surface area (Å²) < 4.78 is 36.7. The van der Waals surface area contributed by atoms with Gasteiger partial charge in [-0.15, -0.1) is 11.3 Å². The first-order chi connectivity index (χ1) is 20.1. The molecule has 1 amide bonds. The number of nitrogens with zero attached hydrogens (tertiary/aromatic N) is 4. The van der Waals surface area contributed by atoms with Gasteiger partial charge in [-0.25, -0.2) is 33.9 Å². The average molecular weight is 612 g/mol. The highest BCUT2D eigenvalue weighted by Gasteiger charge is 2.22. The van der Waals surface area contributed by atoms with E-state index in [9.17, 15) is 9.59 Å². The van der Waals surface area contributed by atoms with Crippen LogP contribution in [0.1, 0.15) is 24.3 Å². The molecule has 5 rings (SSSR count). The number of fused-ring (bicyclic) bond motifs is 2. The summed E-state index contributed by atoms with van der Waals surface area (Å²) in [6.07, 6.45) is 0.552. The van der Waals surface area contributed by atoms with E-state index < -0.39 is 30.1 Å². The van der Waals surface area contributed by atoms with Crippen LogP contribution in [0.2, 0.25) is 5.02 Å². The number of halogens is 2. The third kappa shape index (κ3) is 6.16. The molecule has 0 saturated carbocycles. The molecule has 11 nitrogen and oxygen atoms in total. The Hall–Kier alpha value is -4.62. The van der Waals surface area contributed by atoms with Crippen molar-refractivity contribution in [3.05, 3.63) is 65.3 Å². The predicted molar refractivity (Wildman–Crippen MR) is 155 cm³/mol. The number of rotatable bonds is 8. The maximum absolute atomic E-state index is 15.0. The fourth-order valence-electron chi connectivity index (χ4n) is 3.87. The van der Waals surface area contributed by atoms with Gasteiger partial charge < -0.3 is 18.9 Å². The van der Waals surface area contributed by atoms with Crippen LogP contribution in [-0.2, 0) is 9.47 Å². The minimum Gasteiger partial charge on any atom is -0.484 e. The number of anilines is 1. The molecule has 0 aliphatic heterocycles. The second kappa shape index (κ2) is 12.1. The molecule has 0 aliphatic carbocycles. The number of pyridine rings is 1. The largest absolute Gasteiger partial charge is 0.484 e. The molecule has 0 fully saturated rings. The minimum absolute atomic E-state index is 0.0239. The maximum Gasteiger partial charge on any atom is 0.412 e. The summed E-state index contributed by atoms with van der Waals surface area (Å²) in [5.74, 6) is -0.902. The van der Waals surface area contributed by atoms with E-state index in [2.05, 4.69) is 30.0 Å². The van der Waals surface area contributed by atoms with Crippen molar-refractivity contribution in [2.24, 2.45) is 0 Å². The van der Waals surface area contributed by atoms with E-state index in [1.165, 1.54) is 56.1 Å². The molecule has 3 aromatic heterocycles. The summed E-state index contributed by atoms with van der Waals surface area (Å²) >= 11 is 7.65. The van der Waals surface area contributed by atoms with Crippen molar-refractivity contribution in [3.63, 3.8) is 0 Å². The van der Waals surface area contributed by atoms with Gasteiger partial charge in [-0.1, -0.05) is 11.6 Å². The quantitative estimate of drug-likeness (QED) is 0.199. The molecule has 0 unspecified atom stereocenters. The Kier molecular flexibility index (Phi) is 8.31. The molecule has 14 heteroatoms. The van der Waals surface area contributed by atoms with Crippen LogP contribution in [0.4, 0.5) is 14.9 Å². The summed E-state index contributed by atoms with van der Waals surface area (Å²) in [6.45, 7) is 3.27. The van der Waals surface area contributed by atoms with Crippen molar-refractivity contribution >= 4 is 61.9 Å². The van der Waals surface area contributed by atoms with Crippen molar-refractivity contribution in [2.45, 2.75) is 26.1 Å². The van der Waals surface area contributed by atoms with Gasteiger partial charge in [-0.05, 0) is 38.1 Å². The molecule has 2 aromatic carbocycles. The number of carbonyl (C=O) groups excluding carboxylic acids is 2. The lowest BCUT2D eigenvalue weighted by Crippen LogP contribution is -2.32. The highest BCUT2D eigenvalue weighted by Crippen LogP contribution is 2.38. The van der Waals surface area contributed by atoms with Crippen LogP contribution in [0.15, 0.2) is 48.8 Å². The summed E-state index contributed by atoms with van der Waals surface area (Å²) in [5, 5.41) is 3.53. The van der Waals surface area contributed by atoms with Crippen molar-refractivity contribution in [1.29, 1.82) is 0 Å². The first-order valence-electron chi connectivity index (χ1n) is 12.4. The number of nitrogens with one attached hydrogen (secondary N) is 1. The molecule has 3 heterocycles. The summed E-state index contributed by atoms with van der Waals surface area (Å²) in [6, 6.07) is 9.12. The van der Waals surface area contributed by atoms with Crippen molar-refractivity contribution in [1.82, 2.24) is 19.9 Å². The van der Waals surface area contributed by atoms with Crippen LogP contribution in [-0.4, -0.2) is 58.4 Å². The van der Waals surface area contributed by atoms with Crippen LogP contribution >= 0.6 is 22.9 Å². The van der Waals surface area contributed by atoms with Gasteiger partial charge in [-0.2, -0.15) is 0 Å². The Morgan fingerprint density at radius 3 is 2.52 bits per heavy atom. The number of aromatic nitrogens is 4. The predicted octanol–water partition coefficient (Wildman–Crippen LogP) is 6.29. The van der Waals surface area contributed by atoms with Crippen molar-refractivity contribution < 1.29 is 32.9 Å². The second-order valence-corrected chi connectivity index (χ2v) is 10.5. The van der Waals surface area contributed by atoms with Crippen LogP contribution in [0.25, 0.3) is 31.8 Å². The van der Waals surface area contributed by atoms with Crippen LogP contribution in [0.5, 0.6) is 11.6 Å². The van der Waals surface area contributed by atoms with Crippen LogP contribution < -0.4 is 14.8 Å². The van der Waals surface area contributed by atoms with Gasteiger partial charge in [0.2, 0.25) is 5.88 Å². The van der Waals surface area contributed by atoms with E-state index in [-0.39, 0.29) is 11.4 Å². The summed E-state index contributed by atoms with van der Waals surface area (Å²) in [4.78, 5) is 41.2. The lowest BCUT2D eigenvalue weighted by Gasteiger charge is -2.22. The Morgan fingerprint density at radius 1 is 1.00 bits per heavy atom. The Morgan fingerprint density at radius 2 is 1.81 bits per heavy atom. The van der Waals surface area contributed by atoms with Gasteiger partial charge in [0.25, 0.3) is 0 Å². The number of esters is 1. The first kappa shape index (κ1) is 28.9. The Bertz CT molecular complexity index is 1800.